The molecule has 8 heteroatoms. The number of nitrogens with one attached hydrogen (secondary N) is 2. The van der Waals surface area contributed by atoms with Gasteiger partial charge in [-0.15, -0.1) is 0 Å². The van der Waals surface area contributed by atoms with Gasteiger partial charge in [0.1, 0.15) is 11.6 Å². The molecule has 30 heavy (non-hydrogen) atoms. The third-order valence-electron chi connectivity index (χ3n) is 4.55. The van der Waals surface area contributed by atoms with Crippen molar-refractivity contribution in [3.05, 3.63) is 94.6 Å². The summed E-state index contributed by atoms with van der Waals surface area (Å²) in [6, 6.07) is 13.7. The average molecular weight is 430 g/mol. The summed E-state index contributed by atoms with van der Waals surface area (Å²) < 4.78 is 54.3. The molecule has 3 aromatic carbocycles. The molecule has 0 aromatic heterocycles. The molecule has 0 atom stereocenters. The van der Waals surface area contributed by atoms with Gasteiger partial charge in [0, 0.05) is 17.8 Å². The predicted molar refractivity (Wildman–Crippen MR) is 111 cm³/mol. The Morgan fingerprint density at radius 2 is 1.57 bits per heavy atom. The highest BCUT2D eigenvalue weighted by atomic mass is 32.2. The van der Waals surface area contributed by atoms with Crippen molar-refractivity contribution in [2.24, 2.45) is 0 Å². The van der Waals surface area contributed by atoms with E-state index in [0.29, 0.717) is 16.7 Å². The molecule has 1 amide bonds. The Morgan fingerprint density at radius 3 is 2.23 bits per heavy atom. The Morgan fingerprint density at radius 1 is 0.900 bits per heavy atom. The molecule has 5 nitrogen and oxygen atoms in total. The summed E-state index contributed by atoms with van der Waals surface area (Å²) >= 11 is 0. The largest absolute Gasteiger partial charge is 0.348 e. The number of hydrogen-bond acceptors (Lipinski definition) is 3. The summed E-state index contributed by atoms with van der Waals surface area (Å²) in [5, 5.41) is 2.67. The van der Waals surface area contributed by atoms with Crippen LogP contribution in [0.3, 0.4) is 0 Å². The maximum atomic E-state index is 13.7. The van der Waals surface area contributed by atoms with Gasteiger partial charge in [0.2, 0.25) is 0 Å². The van der Waals surface area contributed by atoms with Gasteiger partial charge in [0.25, 0.3) is 15.9 Å². The van der Waals surface area contributed by atoms with Gasteiger partial charge in [-0.25, -0.2) is 17.2 Å². The van der Waals surface area contributed by atoms with Crippen molar-refractivity contribution in [1.29, 1.82) is 0 Å². The molecule has 3 aromatic rings. The monoisotopic (exact) mass is 430 g/mol. The van der Waals surface area contributed by atoms with Crippen LogP contribution in [0.4, 0.5) is 14.5 Å². The molecule has 2 N–H and O–H groups in total. The second kappa shape index (κ2) is 8.62. The molecule has 156 valence electrons. The maximum Gasteiger partial charge on any atom is 0.261 e. The van der Waals surface area contributed by atoms with Crippen LogP contribution in [0.25, 0.3) is 0 Å². The number of amides is 1. The van der Waals surface area contributed by atoms with Crippen LogP contribution in [0.1, 0.15) is 27.0 Å². The fraction of sp³-hybridized carbons (Fsp3) is 0.136. The topological polar surface area (TPSA) is 75.3 Å². The first-order chi connectivity index (χ1) is 14.2. The minimum absolute atomic E-state index is 0.0975. The van der Waals surface area contributed by atoms with E-state index in [4.69, 9.17) is 0 Å². The summed E-state index contributed by atoms with van der Waals surface area (Å²) in [7, 11) is -3.98. The van der Waals surface area contributed by atoms with Crippen molar-refractivity contribution in [3.8, 4) is 0 Å². The van der Waals surface area contributed by atoms with E-state index < -0.39 is 21.7 Å². The number of carbonyl (C=O) groups is 1. The second-order valence-corrected chi connectivity index (χ2v) is 8.54. The van der Waals surface area contributed by atoms with Crippen molar-refractivity contribution in [2.75, 3.05) is 4.72 Å². The molecule has 0 aliphatic carbocycles. The lowest BCUT2D eigenvalue weighted by molar-refractivity contribution is 0.0950. The molecule has 0 unspecified atom stereocenters. The van der Waals surface area contributed by atoms with Gasteiger partial charge >= 0.3 is 0 Å². The van der Waals surface area contributed by atoms with Crippen LogP contribution in [-0.2, 0) is 16.6 Å². The Bertz CT molecular complexity index is 1190. The molecule has 0 bridgehead atoms. The van der Waals surface area contributed by atoms with Crippen LogP contribution in [0, 0.1) is 25.5 Å². The van der Waals surface area contributed by atoms with Crippen LogP contribution in [-0.4, -0.2) is 14.3 Å². The van der Waals surface area contributed by atoms with E-state index in [1.807, 2.05) is 0 Å². The van der Waals surface area contributed by atoms with E-state index >= 15 is 0 Å². The van der Waals surface area contributed by atoms with Crippen molar-refractivity contribution in [3.63, 3.8) is 0 Å². The maximum absolute atomic E-state index is 13.7. The first-order valence-electron chi connectivity index (χ1n) is 9.08. The lowest BCUT2D eigenvalue weighted by atomic mass is 10.1. The molecule has 3 rings (SSSR count). The number of hydrogen-bond donors (Lipinski definition) is 2. The van der Waals surface area contributed by atoms with Crippen LogP contribution < -0.4 is 10.0 Å². The Labute approximate surface area is 173 Å². The number of aryl methyl sites for hydroxylation is 2. The Hall–Kier alpha value is -3.26. The highest BCUT2D eigenvalue weighted by Gasteiger charge is 2.18. The standard InChI is InChI=1S/C22H20F2N2O3S/c1-14-4-10-19(30(28,29)26-18-8-6-17(23)7-9-18)12-20(14)22(27)25-13-16-5-3-15(2)21(24)11-16/h3-12,26H,13H2,1-2H3,(H,25,27). The molecule has 0 spiro atoms. The summed E-state index contributed by atoms with van der Waals surface area (Å²) in [6.07, 6.45) is 0. The summed E-state index contributed by atoms with van der Waals surface area (Å²) in [4.78, 5) is 12.5. The number of carbonyl (C=O) groups excluding carboxylic acids is 1. The van der Waals surface area contributed by atoms with Gasteiger partial charge < -0.3 is 5.32 Å². The zero-order valence-electron chi connectivity index (χ0n) is 16.4. The first kappa shape index (κ1) is 21.4. The van der Waals surface area contributed by atoms with Gasteiger partial charge in [0.05, 0.1) is 4.90 Å². The van der Waals surface area contributed by atoms with Gasteiger partial charge in [0.15, 0.2) is 0 Å². The number of rotatable bonds is 6. The SMILES string of the molecule is Cc1ccc(CNC(=O)c2cc(S(=O)(=O)Nc3ccc(F)cc3)ccc2C)cc1F. The smallest absolute Gasteiger partial charge is 0.261 e. The average Bonchev–Trinajstić information content (AvgIpc) is 2.70. The van der Waals surface area contributed by atoms with Gasteiger partial charge in [-0.2, -0.15) is 0 Å². The summed E-state index contributed by atoms with van der Waals surface area (Å²) in [6.45, 7) is 3.43. The van der Waals surface area contributed by atoms with Crippen LogP contribution >= 0.6 is 0 Å². The summed E-state index contributed by atoms with van der Waals surface area (Å²) in [5.41, 5.74) is 2.07. The van der Waals surface area contributed by atoms with E-state index in [0.717, 1.165) is 12.1 Å². The van der Waals surface area contributed by atoms with Crippen molar-refractivity contribution in [2.45, 2.75) is 25.3 Å². The molecular formula is C22H20F2N2O3S. The van der Waals surface area contributed by atoms with Gasteiger partial charge in [-0.05, 0) is 73.0 Å². The Kier molecular flexibility index (Phi) is 6.17. The lowest BCUT2D eigenvalue weighted by Gasteiger charge is -2.12. The molecule has 0 radical (unpaired) electrons. The number of sulfonamides is 1. The molecule has 0 saturated heterocycles. The molecule has 0 fully saturated rings. The lowest BCUT2D eigenvalue weighted by Crippen LogP contribution is -2.24. The van der Waals surface area contributed by atoms with Crippen molar-refractivity contribution < 1.29 is 22.0 Å². The highest BCUT2D eigenvalue weighted by Crippen LogP contribution is 2.20. The molecule has 0 aliphatic heterocycles. The predicted octanol–water partition coefficient (Wildman–Crippen LogP) is 4.31. The number of anilines is 1. The molecule has 0 saturated carbocycles. The third-order valence-corrected chi connectivity index (χ3v) is 5.93. The van der Waals surface area contributed by atoms with Crippen molar-refractivity contribution >= 4 is 21.6 Å². The molecular weight excluding hydrogens is 410 g/mol. The van der Waals surface area contributed by atoms with E-state index in [2.05, 4.69) is 10.0 Å². The zero-order valence-corrected chi connectivity index (χ0v) is 17.2. The normalized spacial score (nSPS) is 11.2. The fourth-order valence-electron chi connectivity index (χ4n) is 2.77. The van der Waals surface area contributed by atoms with Crippen LogP contribution in [0.2, 0.25) is 0 Å². The minimum Gasteiger partial charge on any atom is -0.348 e. The molecule has 0 aliphatic rings. The van der Waals surface area contributed by atoms with E-state index in [-0.39, 0.29) is 28.5 Å². The van der Waals surface area contributed by atoms with Gasteiger partial charge in [-0.1, -0.05) is 18.2 Å². The Balaban J connectivity index is 1.78. The van der Waals surface area contributed by atoms with E-state index in [1.54, 1.807) is 26.0 Å². The first-order valence-corrected chi connectivity index (χ1v) is 10.6. The fourth-order valence-corrected chi connectivity index (χ4v) is 3.85. The quantitative estimate of drug-likeness (QED) is 0.612. The molecule has 0 heterocycles. The minimum atomic E-state index is -3.98. The van der Waals surface area contributed by atoms with Crippen molar-refractivity contribution in [1.82, 2.24) is 5.32 Å². The van der Waals surface area contributed by atoms with Crippen LogP contribution in [0.5, 0.6) is 0 Å². The third kappa shape index (κ3) is 5.01. The van der Waals surface area contributed by atoms with E-state index in [9.17, 15) is 22.0 Å². The zero-order chi connectivity index (χ0) is 21.9. The van der Waals surface area contributed by atoms with Gasteiger partial charge in [-0.3, -0.25) is 9.52 Å². The summed E-state index contributed by atoms with van der Waals surface area (Å²) in [5.74, 6) is -1.33. The number of benzene rings is 3. The van der Waals surface area contributed by atoms with Crippen LogP contribution in [0.15, 0.2) is 65.6 Å². The second-order valence-electron chi connectivity index (χ2n) is 6.86. The highest BCUT2D eigenvalue weighted by molar-refractivity contribution is 7.92. The number of halogens is 2. The van der Waals surface area contributed by atoms with E-state index in [1.165, 1.54) is 36.4 Å².